The zero-order chi connectivity index (χ0) is 19.8. The van der Waals surface area contributed by atoms with Crippen LogP contribution in [0.1, 0.15) is 19.5 Å². The maximum atomic E-state index is 11.3. The number of pyridine rings is 1. The summed E-state index contributed by atoms with van der Waals surface area (Å²) in [4.78, 5) is 5.25. The number of hydrogen-bond acceptors (Lipinski definition) is 5. The van der Waals surface area contributed by atoms with Gasteiger partial charge in [-0.05, 0) is 60.7 Å². The second kappa shape index (κ2) is 7.24. The predicted octanol–water partition coefficient (Wildman–Crippen LogP) is 4.73. The van der Waals surface area contributed by atoms with E-state index in [1.807, 2.05) is 23.6 Å². The Kier molecular flexibility index (Phi) is 5.31. The fourth-order valence-electron chi connectivity index (χ4n) is 2.57. The number of benzene rings is 1. The molecule has 5 nitrogen and oxygen atoms in total. The summed E-state index contributed by atoms with van der Waals surface area (Å²) < 4.78 is 25.1. The largest absolute Gasteiger partial charge is 0.384 e. The third-order valence-electron chi connectivity index (χ3n) is 3.85. The zero-order valence-corrected chi connectivity index (χ0v) is 17.4. The Morgan fingerprint density at radius 2 is 1.89 bits per heavy atom. The molecule has 3 rings (SSSR count). The van der Waals surface area contributed by atoms with Crippen molar-refractivity contribution in [1.82, 2.24) is 4.98 Å². The predicted molar refractivity (Wildman–Crippen MR) is 112 cm³/mol. The lowest BCUT2D eigenvalue weighted by Crippen LogP contribution is -2.17. The summed E-state index contributed by atoms with van der Waals surface area (Å²) >= 11 is 7.92. The summed E-state index contributed by atoms with van der Waals surface area (Å²) in [6, 6.07) is 10.8. The number of aromatic nitrogens is 1. The van der Waals surface area contributed by atoms with E-state index in [0.717, 1.165) is 27.8 Å². The van der Waals surface area contributed by atoms with Gasteiger partial charge in [0.1, 0.15) is 5.60 Å². The Bertz CT molecular complexity index is 1090. The van der Waals surface area contributed by atoms with Gasteiger partial charge in [0.05, 0.1) is 17.0 Å². The van der Waals surface area contributed by atoms with E-state index < -0.39 is 15.6 Å². The van der Waals surface area contributed by atoms with Crippen LogP contribution in [0.5, 0.6) is 0 Å². The molecule has 2 heterocycles. The molecule has 0 aliphatic heterocycles. The molecule has 0 saturated heterocycles. The van der Waals surface area contributed by atoms with Crippen molar-refractivity contribution in [2.45, 2.75) is 19.4 Å². The average molecular weight is 423 g/mol. The van der Waals surface area contributed by atoms with Gasteiger partial charge in [0.2, 0.25) is 10.0 Å². The standard InChI is InChI=1S/C19H19ClN2O3S2/c1-19(2,23)18-9-12(6-7-21-18)17-8-13(11-26-17)15-5-4-14(10-16(15)20)22-27(3,24)25/h4-11,22-23H,1-3H3. The van der Waals surface area contributed by atoms with Gasteiger partial charge in [-0.2, -0.15) is 0 Å². The molecule has 0 amide bonds. The van der Waals surface area contributed by atoms with E-state index in [-0.39, 0.29) is 0 Å². The lowest BCUT2D eigenvalue weighted by Gasteiger charge is -2.16. The van der Waals surface area contributed by atoms with Crippen molar-refractivity contribution in [3.63, 3.8) is 0 Å². The maximum Gasteiger partial charge on any atom is 0.229 e. The Hall–Kier alpha value is -1.93. The molecule has 2 aromatic heterocycles. The van der Waals surface area contributed by atoms with Crippen molar-refractivity contribution in [2.75, 3.05) is 11.0 Å². The van der Waals surface area contributed by atoms with Gasteiger partial charge in [0.15, 0.2) is 0 Å². The third kappa shape index (κ3) is 4.87. The van der Waals surface area contributed by atoms with Gasteiger partial charge < -0.3 is 5.11 Å². The van der Waals surface area contributed by atoms with Crippen LogP contribution in [-0.4, -0.2) is 24.8 Å². The minimum Gasteiger partial charge on any atom is -0.384 e. The summed E-state index contributed by atoms with van der Waals surface area (Å²) in [6.07, 6.45) is 2.78. The van der Waals surface area contributed by atoms with Crippen molar-refractivity contribution >= 4 is 38.6 Å². The summed E-state index contributed by atoms with van der Waals surface area (Å²) in [6.45, 7) is 3.40. The van der Waals surface area contributed by atoms with Crippen LogP contribution in [0.25, 0.3) is 21.6 Å². The second-order valence-electron chi connectivity index (χ2n) is 6.76. The number of hydrogen-bond donors (Lipinski definition) is 2. The minimum absolute atomic E-state index is 0.422. The van der Waals surface area contributed by atoms with Crippen LogP contribution in [0.3, 0.4) is 0 Å². The van der Waals surface area contributed by atoms with E-state index >= 15 is 0 Å². The highest BCUT2D eigenvalue weighted by Gasteiger charge is 2.18. The first kappa shape index (κ1) is 19.8. The summed E-state index contributed by atoms with van der Waals surface area (Å²) in [7, 11) is -3.35. The van der Waals surface area contributed by atoms with Crippen LogP contribution >= 0.6 is 22.9 Å². The van der Waals surface area contributed by atoms with E-state index in [1.54, 1.807) is 49.6 Å². The van der Waals surface area contributed by atoms with Crippen LogP contribution < -0.4 is 4.72 Å². The number of nitrogens with one attached hydrogen (secondary N) is 1. The summed E-state index contributed by atoms with van der Waals surface area (Å²) in [5, 5.41) is 12.6. The van der Waals surface area contributed by atoms with E-state index in [0.29, 0.717) is 16.4 Å². The van der Waals surface area contributed by atoms with Gasteiger partial charge in [-0.3, -0.25) is 9.71 Å². The highest BCUT2D eigenvalue weighted by atomic mass is 35.5. The fourth-order valence-corrected chi connectivity index (χ4v) is 4.33. The summed E-state index contributed by atoms with van der Waals surface area (Å²) in [5.74, 6) is 0. The minimum atomic E-state index is -3.35. The van der Waals surface area contributed by atoms with Crippen LogP contribution in [0.2, 0.25) is 5.02 Å². The number of halogens is 1. The van der Waals surface area contributed by atoms with E-state index in [1.165, 1.54) is 0 Å². The molecule has 1 aromatic carbocycles. The molecule has 0 atom stereocenters. The SMILES string of the molecule is CC(C)(O)c1cc(-c2cc(-c3ccc(NS(C)(=O)=O)cc3Cl)cs2)ccn1. The second-order valence-corrected chi connectivity index (χ2v) is 9.82. The van der Waals surface area contributed by atoms with Crippen LogP contribution in [0, 0.1) is 0 Å². The number of sulfonamides is 1. The molecule has 0 aliphatic carbocycles. The van der Waals surface area contributed by atoms with Crippen molar-refractivity contribution in [3.05, 3.63) is 58.7 Å². The molecule has 0 unspecified atom stereocenters. The number of anilines is 1. The van der Waals surface area contributed by atoms with Crippen molar-refractivity contribution in [2.24, 2.45) is 0 Å². The smallest absolute Gasteiger partial charge is 0.229 e. The van der Waals surface area contributed by atoms with Crippen LogP contribution in [0.15, 0.2) is 48.0 Å². The first-order valence-electron chi connectivity index (χ1n) is 8.08. The first-order chi connectivity index (χ1) is 12.5. The van der Waals surface area contributed by atoms with Gasteiger partial charge in [-0.15, -0.1) is 11.3 Å². The lowest BCUT2D eigenvalue weighted by molar-refractivity contribution is 0.0739. The van der Waals surface area contributed by atoms with Crippen molar-refractivity contribution in [3.8, 4) is 21.6 Å². The van der Waals surface area contributed by atoms with Crippen molar-refractivity contribution in [1.29, 1.82) is 0 Å². The van der Waals surface area contributed by atoms with E-state index in [2.05, 4.69) is 9.71 Å². The Morgan fingerprint density at radius 3 is 2.52 bits per heavy atom. The lowest BCUT2D eigenvalue weighted by atomic mass is 10.0. The molecule has 0 radical (unpaired) electrons. The first-order valence-corrected chi connectivity index (χ1v) is 11.2. The molecule has 0 bridgehead atoms. The van der Waals surface area contributed by atoms with Crippen LogP contribution in [0.4, 0.5) is 5.69 Å². The Morgan fingerprint density at radius 1 is 1.15 bits per heavy atom. The van der Waals surface area contributed by atoms with Gasteiger partial charge in [0.25, 0.3) is 0 Å². The number of nitrogens with zero attached hydrogens (tertiary/aromatic N) is 1. The Labute approximate surface area is 167 Å². The average Bonchev–Trinajstić information content (AvgIpc) is 3.02. The van der Waals surface area contributed by atoms with Gasteiger partial charge >= 0.3 is 0 Å². The van der Waals surface area contributed by atoms with Gasteiger partial charge in [0, 0.05) is 22.3 Å². The molecule has 8 heteroatoms. The molecule has 142 valence electrons. The third-order valence-corrected chi connectivity index (χ3v) is 5.75. The number of thiophene rings is 1. The highest BCUT2D eigenvalue weighted by Crippen LogP contribution is 2.37. The van der Waals surface area contributed by atoms with Crippen molar-refractivity contribution < 1.29 is 13.5 Å². The normalized spacial score (nSPS) is 12.2. The molecular weight excluding hydrogens is 404 g/mol. The maximum absolute atomic E-state index is 11.3. The van der Waals surface area contributed by atoms with Gasteiger partial charge in [-0.1, -0.05) is 17.7 Å². The fraction of sp³-hybridized carbons (Fsp3) is 0.211. The molecule has 2 N–H and O–H groups in total. The molecule has 0 saturated carbocycles. The molecule has 27 heavy (non-hydrogen) atoms. The Balaban J connectivity index is 1.93. The number of rotatable bonds is 5. The van der Waals surface area contributed by atoms with Crippen LogP contribution in [-0.2, 0) is 15.6 Å². The molecule has 0 aliphatic rings. The molecule has 3 aromatic rings. The molecule has 0 spiro atoms. The van der Waals surface area contributed by atoms with Gasteiger partial charge in [-0.25, -0.2) is 8.42 Å². The topological polar surface area (TPSA) is 79.3 Å². The zero-order valence-electron chi connectivity index (χ0n) is 15.0. The monoisotopic (exact) mass is 422 g/mol. The molecule has 0 fully saturated rings. The number of aliphatic hydroxyl groups is 1. The molecular formula is C19H19ClN2O3S2. The quantitative estimate of drug-likeness (QED) is 0.623. The highest BCUT2D eigenvalue weighted by molar-refractivity contribution is 7.92. The van der Waals surface area contributed by atoms with E-state index in [4.69, 9.17) is 11.6 Å². The summed E-state index contributed by atoms with van der Waals surface area (Å²) in [5.41, 5.74) is 2.73. The van der Waals surface area contributed by atoms with E-state index in [9.17, 15) is 13.5 Å².